The maximum atomic E-state index is 13.5. The maximum absolute atomic E-state index is 13.5. The van der Waals surface area contributed by atoms with Crippen LogP contribution in [-0.2, 0) is 11.2 Å². The minimum atomic E-state index is -0.759. The number of carbonyl (C=O) groups is 1. The van der Waals surface area contributed by atoms with Gasteiger partial charge in [-0.05, 0) is 30.5 Å². The standard InChI is InChI=1S/C17H20FN3OS/c1-20-17(10-12(17)11-5-3-2-4-6-11)21-16(22)14(19)9-15-13(18)7-8-23-15/h2-8,12,14,20H,9-10,19H2,1H3,(H,21,22)/t12-,14?,17-/m1/s1. The highest BCUT2D eigenvalue weighted by Gasteiger charge is 2.55. The molecule has 1 aromatic carbocycles. The second-order valence-corrected chi connectivity index (χ2v) is 6.88. The molecule has 1 unspecified atom stereocenters. The summed E-state index contributed by atoms with van der Waals surface area (Å²) >= 11 is 1.28. The van der Waals surface area contributed by atoms with Crippen LogP contribution in [0, 0.1) is 5.82 Å². The van der Waals surface area contributed by atoms with Gasteiger partial charge in [0.2, 0.25) is 5.91 Å². The second-order valence-electron chi connectivity index (χ2n) is 5.88. The number of halogens is 1. The molecule has 2 aromatic rings. The van der Waals surface area contributed by atoms with Crippen molar-refractivity contribution in [2.24, 2.45) is 5.73 Å². The largest absolute Gasteiger partial charge is 0.336 e. The molecule has 1 aliphatic carbocycles. The van der Waals surface area contributed by atoms with Gasteiger partial charge in [0, 0.05) is 17.2 Å². The van der Waals surface area contributed by atoms with Gasteiger partial charge in [-0.1, -0.05) is 30.3 Å². The van der Waals surface area contributed by atoms with Gasteiger partial charge in [-0.3, -0.25) is 10.1 Å². The molecule has 122 valence electrons. The van der Waals surface area contributed by atoms with E-state index in [0.29, 0.717) is 4.88 Å². The van der Waals surface area contributed by atoms with Crippen molar-refractivity contribution in [3.8, 4) is 0 Å². The van der Waals surface area contributed by atoms with Crippen LogP contribution in [0.25, 0.3) is 0 Å². The molecule has 0 aliphatic heterocycles. The monoisotopic (exact) mass is 333 g/mol. The Kier molecular flexibility index (Phi) is 4.48. The first-order valence-electron chi connectivity index (χ1n) is 7.59. The summed E-state index contributed by atoms with van der Waals surface area (Å²) in [6, 6.07) is 10.7. The molecule has 0 radical (unpaired) electrons. The summed E-state index contributed by atoms with van der Waals surface area (Å²) in [5.41, 5.74) is 6.68. The molecule has 0 bridgehead atoms. The van der Waals surface area contributed by atoms with Crippen LogP contribution in [0.3, 0.4) is 0 Å². The molecule has 1 heterocycles. The number of benzene rings is 1. The highest BCUT2D eigenvalue weighted by Crippen LogP contribution is 2.49. The van der Waals surface area contributed by atoms with Gasteiger partial charge in [-0.15, -0.1) is 11.3 Å². The van der Waals surface area contributed by atoms with Crippen LogP contribution < -0.4 is 16.4 Å². The van der Waals surface area contributed by atoms with E-state index in [1.54, 1.807) is 5.38 Å². The van der Waals surface area contributed by atoms with E-state index in [0.717, 1.165) is 6.42 Å². The number of likely N-dealkylation sites (N-methyl/N-ethyl adjacent to an activating group) is 1. The van der Waals surface area contributed by atoms with Crippen LogP contribution in [0.15, 0.2) is 41.8 Å². The van der Waals surface area contributed by atoms with E-state index in [9.17, 15) is 9.18 Å². The molecule has 0 spiro atoms. The average molecular weight is 333 g/mol. The van der Waals surface area contributed by atoms with E-state index < -0.39 is 11.7 Å². The Hall–Kier alpha value is -1.76. The molecule has 1 fully saturated rings. The lowest BCUT2D eigenvalue weighted by molar-refractivity contribution is -0.123. The number of rotatable bonds is 6. The van der Waals surface area contributed by atoms with Gasteiger partial charge in [0.05, 0.1) is 11.7 Å². The summed E-state index contributed by atoms with van der Waals surface area (Å²) in [5, 5.41) is 7.87. The first-order chi connectivity index (χ1) is 11.1. The summed E-state index contributed by atoms with van der Waals surface area (Å²) in [7, 11) is 1.83. The van der Waals surface area contributed by atoms with Crippen LogP contribution in [0.4, 0.5) is 4.39 Å². The molecule has 1 aromatic heterocycles. The summed E-state index contributed by atoms with van der Waals surface area (Å²) in [4.78, 5) is 12.9. The van der Waals surface area contributed by atoms with Gasteiger partial charge < -0.3 is 11.1 Å². The van der Waals surface area contributed by atoms with Crippen molar-refractivity contribution in [2.75, 3.05) is 7.05 Å². The van der Waals surface area contributed by atoms with Crippen LogP contribution >= 0.6 is 11.3 Å². The predicted molar refractivity (Wildman–Crippen MR) is 89.7 cm³/mol. The topological polar surface area (TPSA) is 67.1 Å². The van der Waals surface area contributed by atoms with Crippen LogP contribution in [-0.4, -0.2) is 24.7 Å². The highest BCUT2D eigenvalue weighted by atomic mass is 32.1. The lowest BCUT2D eigenvalue weighted by Crippen LogP contribution is -2.53. The van der Waals surface area contributed by atoms with Crippen molar-refractivity contribution in [1.82, 2.24) is 10.6 Å². The summed E-state index contributed by atoms with van der Waals surface area (Å²) in [5.74, 6) is -0.330. The fourth-order valence-corrected chi connectivity index (χ4v) is 3.71. The van der Waals surface area contributed by atoms with Gasteiger partial charge in [-0.25, -0.2) is 4.39 Å². The Labute approximate surface area is 138 Å². The first kappa shape index (κ1) is 16.1. The van der Waals surface area contributed by atoms with E-state index in [-0.39, 0.29) is 24.1 Å². The number of hydrogen-bond donors (Lipinski definition) is 3. The fourth-order valence-electron chi connectivity index (χ4n) is 2.90. The minimum absolute atomic E-state index is 0.213. The van der Waals surface area contributed by atoms with Crippen molar-refractivity contribution < 1.29 is 9.18 Å². The summed E-state index contributed by atoms with van der Waals surface area (Å²) in [6.45, 7) is 0. The number of amides is 1. The predicted octanol–water partition coefficient (Wildman–Crippen LogP) is 1.98. The molecule has 1 amide bonds. The van der Waals surface area contributed by atoms with E-state index in [4.69, 9.17) is 5.73 Å². The molecular formula is C17H20FN3OS. The van der Waals surface area contributed by atoms with Gasteiger partial charge >= 0.3 is 0 Å². The molecule has 1 aliphatic rings. The van der Waals surface area contributed by atoms with E-state index in [1.165, 1.54) is 23.0 Å². The number of thiophene rings is 1. The average Bonchev–Trinajstić information content (AvgIpc) is 3.15. The summed E-state index contributed by atoms with van der Waals surface area (Å²) in [6.07, 6.45) is 1.03. The number of nitrogens with two attached hydrogens (primary N) is 1. The Morgan fingerprint density at radius 1 is 1.43 bits per heavy atom. The molecule has 3 rings (SSSR count). The van der Waals surface area contributed by atoms with E-state index in [1.807, 2.05) is 25.2 Å². The van der Waals surface area contributed by atoms with Crippen molar-refractivity contribution in [3.05, 3.63) is 58.0 Å². The molecule has 3 atom stereocenters. The third kappa shape index (κ3) is 3.29. The van der Waals surface area contributed by atoms with Crippen LogP contribution in [0.1, 0.15) is 22.8 Å². The highest BCUT2D eigenvalue weighted by molar-refractivity contribution is 7.09. The van der Waals surface area contributed by atoms with Crippen molar-refractivity contribution in [3.63, 3.8) is 0 Å². The zero-order valence-electron chi connectivity index (χ0n) is 12.9. The third-order valence-corrected chi connectivity index (χ3v) is 5.31. The number of hydrogen-bond acceptors (Lipinski definition) is 4. The molecule has 1 saturated carbocycles. The molecule has 4 N–H and O–H groups in total. The van der Waals surface area contributed by atoms with Crippen molar-refractivity contribution >= 4 is 17.2 Å². The Morgan fingerprint density at radius 2 is 2.17 bits per heavy atom. The molecular weight excluding hydrogens is 313 g/mol. The molecule has 0 saturated heterocycles. The van der Waals surface area contributed by atoms with Crippen molar-refractivity contribution in [2.45, 2.75) is 30.5 Å². The first-order valence-corrected chi connectivity index (χ1v) is 8.47. The number of nitrogens with one attached hydrogen (secondary N) is 2. The van der Waals surface area contributed by atoms with Gasteiger partial charge in [0.1, 0.15) is 5.82 Å². The van der Waals surface area contributed by atoms with Gasteiger partial charge in [-0.2, -0.15) is 0 Å². The minimum Gasteiger partial charge on any atom is -0.336 e. The molecule has 6 heteroatoms. The van der Waals surface area contributed by atoms with Crippen molar-refractivity contribution in [1.29, 1.82) is 0 Å². The van der Waals surface area contributed by atoms with E-state index in [2.05, 4.69) is 22.8 Å². The SMILES string of the molecule is CN[C@@]1(NC(=O)C(N)Cc2sccc2F)C[C@@H]1c1ccccc1. The summed E-state index contributed by atoms with van der Waals surface area (Å²) < 4.78 is 13.5. The Bertz CT molecular complexity index is 690. The smallest absolute Gasteiger partial charge is 0.238 e. The quantitative estimate of drug-likeness (QED) is 0.708. The van der Waals surface area contributed by atoms with Gasteiger partial charge in [0.25, 0.3) is 0 Å². The van der Waals surface area contributed by atoms with Crippen LogP contribution in [0.5, 0.6) is 0 Å². The molecule has 23 heavy (non-hydrogen) atoms. The maximum Gasteiger partial charge on any atom is 0.238 e. The Balaban J connectivity index is 1.64. The zero-order valence-corrected chi connectivity index (χ0v) is 13.7. The fraction of sp³-hybridized carbons (Fsp3) is 0.353. The van der Waals surface area contributed by atoms with Crippen LogP contribution in [0.2, 0.25) is 0 Å². The lowest BCUT2D eigenvalue weighted by atomic mass is 10.1. The third-order valence-electron chi connectivity index (χ3n) is 4.39. The Morgan fingerprint density at radius 3 is 2.78 bits per heavy atom. The lowest BCUT2D eigenvalue weighted by Gasteiger charge is -2.21. The number of carbonyl (C=O) groups excluding carboxylic acids is 1. The zero-order chi connectivity index (χ0) is 16.4. The van der Waals surface area contributed by atoms with E-state index >= 15 is 0 Å². The molecule has 4 nitrogen and oxygen atoms in total. The normalized spacial score (nSPS) is 24.2. The van der Waals surface area contributed by atoms with Gasteiger partial charge in [0.15, 0.2) is 0 Å². The second kappa shape index (κ2) is 6.39.